The minimum Gasteiger partial charge on any atom is -0.496 e. The molecule has 3 fully saturated rings. The fourth-order valence-electron chi connectivity index (χ4n) is 5.88. The lowest BCUT2D eigenvalue weighted by Gasteiger charge is -2.33. The van der Waals surface area contributed by atoms with E-state index in [2.05, 4.69) is 4.90 Å². The van der Waals surface area contributed by atoms with Gasteiger partial charge < -0.3 is 24.6 Å². The van der Waals surface area contributed by atoms with Gasteiger partial charge in [-0.3, -0.25) is 4.90 Å². The minimum atomic E-state index is -4.51. The fraction of sp³-hybridized carbons (Fsp3) is 0.419. The summed E-state index contributed by atoms with van der Waals surface area (Å²) in [6, 6.07) is 13.9. The third-order valence-corrected chi connectivity index (χ3v) is 8.56. The van der Waals surface area contributed by atoms with Crippen molar-refractivity contribution in [3.05, 3.63) is 77.0 Å². The molecule has 0 spiro atoms. The number of ether oxygens (including phenoxy) is 2. The second-order valence-electron chi connectivity index (χ2n) is 11.2. The van der Waals surface area contributed by atoms with Gasteiger partial charge in [-0.2, -0.15) is 13.2 Å². The summed E-state index contributed by atoms with van der Waals surface area (Å²) in [6.07, 6.45) is -5.69. The highest BCUT2D eigenvalue weighted by Gasteiger charge is 2.44. The Labute approximate surface area is 241 Å². The van der Waals surface area contributed by atoms with E-state index in [1.54, 1.807) is 14.0 Å². The molecule has 4 atom stereocenters. The summed E-state index contributed by atoms with van der Waals surface area (Å²) in [6.45, 7) is 3.57. The first-order chi connectivity index (χ1) is 20.0. The minimum absolute atomic E-state index is 0.00762. The maximum Gasteiger partial charge on any atom is 0.416 e. The average Bonchev–Trinajstić information content (AvgIpc) is 3.69. The molecule has 3 heterocycles. The number of anilines is 1. The van der Waals surface area contributed by atoms with Crippen molar-refractivity contribution in [1.29, 1.82) is 0 Å². The van der Waals surface area contributed by atoms with Crippen LogP contribution in [0, 0.1) is 5.92 Å². The number of carbonyl (C=O) groups excluding carboxylic acids is 1. The molecule has 1 aliphatic carbocycles. The van der Waals surface area contributed by atoms with Crippen molar-refractivity contribution in [1.82, 2.24) is 9.88 Å². The molecule has 0 radical (unpaired) electrons. The number of halogens is 3. The Morgan fingerprint density at radius 3 is 2.50 bits per heavy atom. The van der Waals surface area contributed by atoms with Crippen molar-refractivity contribution in [2.45, 2.75) is 56.8 Å². The molecular formula is C31H32F3N3O5. The lowest BCUT2D eigenvalue weighted by Crippen LogP contribution is -2.38. The molecule has 2 aliphatic heterocycles. The number of alkyl halides is 3. The van der Waals surface area contributed by atoms with E-state index < -0.39 is 36.3 Å². The van der Waals surface area contributed by atoms with Gasteiger partial charge in [-0.25, -0.2) is 9.78 Å². The number of carbonyl (C=O) groups is 1. The van der Waals surface area contributed by atoms with Crippen LogP contribution in [0.1, 0.15) is 54.2 Å². The molecule has 1 amide bonds. The van der Waals surface area contributed by atoms with E-state index in [-0.39, 0.29) is 23.9 Å². The second-order valence-corrected chi connectivity index (χ2v) is 11.2. The first kappa shape index (κ1) is 28.3. The first-order valence-electron chi connectivity index (χ1n) is 14.0. The van der Waals surface area contributed by atoms with Gasteiger partial charge in [0.15, 0.2) is 6.29 Å². The predicted octanol–water partition coefficient (Wildman–Crippen LogP) is 5.48. The van der Waals surface area contributed by atoms with Gasteiger partial charge in [0.05, 0.1) is 31.0 Å². The zero-order valence-corrected chi connectivity index (χ0v) is 23.2. The number of rotatable bonds is 8. The van der Waals surface area contributed by atoms with Gasteiger partial charge in [-0.05, 0) is 73.2 Å². The highest BCUT2D eigenvalue weighted by atomic mass is 19.4. The molecule has 0 bridgehead atoms. The molecule has 42 heavy (non-hydrogen) atoms. The number of cyclic esters (lactones) is 1. The Kier molecular flexibility index (Phi) is 7.26. The Hall–Kier alpha value is -3.83. The zero-order chi connectivity index (χ0) is 29.8. The third-order valence-electron chi connectivity index (χ3n) is 8.56. The molecule has 1 saturated carbocycles. The number of methoxy groups -OCH3 is 1. The molecule has 0 unspecified atom stereocenters. The van der Waals surface area contributed by atoms with Crippen LogP contribution in [0.5, 0.6) is 5.75 Å². The molecule has 8 nitrogen and oxygen atoms in total. The number of benzene rings is 2. The van der Waals surface area contributed by atoms with Crippen LogP contribution in [0.15, 0.2) is 54.6 Å². The van der Waals surface area contributed by atoms with Gasteiger partial charge in [0.1, 0.15) is 17.7 Å². The number of aliphatic hydroxyl groups excluding tert-OH is 1. The third kappa shape index (κ3) is 5.27. The Bertz CT molecular complexity index is 1490. The van der Waals surface area contributed by atoms with Crippen LogP contribution in [-0.2, 0) is 17.5 Å². The van der Waals surface area contributed by atoms with Crippen LogP contribution >= 0.6 is 0 Å². The molecule has 11 heteroatoms. The number of pyridine rings is 1. The number of aromatic nitrogens is 1. The smallest absolute Gasteiger partial charge is 0.416 e. The van der Waals surface area contributed by atoms with E-state index in [1.807, 2.05) is 30.3 Å². The first-order valence-corrected chi connectivity index (χ1v) is 14.0. The summed E-state index contributed by atoms with van der Waals surface area (Å²) in [5, 5.41) is 19.3. The molecule has 3 aromatic rings. The van der Waals surface area contributed by atoms with Gasteiger partial charge in [-0.15, -0.1) is 0 Å². The van der Waals surface area contributed by atoms with Crippen LogP contribution in [0.3, 0.4) is 0 Å². The van der Waals surface area contributed by atoms with E-state index in [1.165, 1.54) is 17.0 Å². The number of aliphatic hydroxyl groups is 2. The number of amides is 1. The second kappa shape index (κ2) is 10.8. The summed E-state index contributed by atoms with van der Waals surface area (Å²) in [5.41, 5.74) is 2.50. The average molecular weight is 584 g/mol. The van der Waals surface area contributed by atoms with Gasteiger partial charge >= 0.3 is 12.3 Å². The summed E-state index contributed by atoms with van der Waals surface area (Å²) in [4.78, 5) is 21.7. The maximum atomic E-state index is 13.4. The zero-order valence-electron chi connectivity index (χ0n) is 23.2. The molecule has 1 aromatic heterocycles. The maximum absolute atomic E-state index is 13.4. The largest absolute Gasteiger partial charge is 0.496 e. The van der Waals surface area contributed by atoms with E-state index in [4.69, 9.17) is 14.5 Å². The SMILES string of the molecule is COc1ccc([C@@H]2C[C@H]2C(O)O)cc1-c1ccc(N2CCC2)nc1CN1C(=O)O[C@H](c2cccc(C(F)(F)F)c2)[C@@H]1C. The van der Waals surface area contributed by atoms with Crippen LogP contribution in [-0.4, -0.2) is 58.7 Å². The summed E-state index contributed by atoms with van der Waals surface area (Å²) < 4.78 is 51.4. The lowest BCUT2D eigenvalue weighted by molar-refractivity contribution is -0.137. The molecule has 222 valence electrons. The van der Waals surface area contributed by atoms with Crippen LogP contribution in [0.4, 0.5) is 23.8 Å². The normalized spacial score (nSPS) is 23.7. The van der Waals surface area contributed by atoms with Crippen molar-refractivity contribution in [3.63, 3.8) is 0 Å². The topological polar surface area (TPSA) is 95.4 Å². The summed E-state index contributed by atoms with van der Waals surface area (Å²) >= 11 is 0. The van der Waals surface area contributed by atoms with Gasteiger partial charge in [0, 0.05) is 30.1 Å². The standard InChI is InChI=1S/C31H32F3N3O5/c1-17-28(19-5-3-6-20(13-19)31(32,33)34)42-30(40)37(17)16-25-21(8-10-27(35-25)36-11-4-12-36)23-14-18(7-9-26(23)41-2)22-15-24(22)29(38)39/h3,5-10,13-14,17,22,24,28-29,38-39H,4,11-12,15-16H2,1-2H3/t17-,22-,24+,28-/m0/s1. The van der Waals surface area contributed by atoms with Crippen molar-refractivity contribution >= 4 is 11.9 Å². The van der Waals surface area contributed by atoms with Crippen molar-refractivity contribution in [3.8, 4) is 16.9 Å². The van der Waals surface area contributed by atoms with Crippen molar-refractivity contribution in [2.24, 2.45) is 5.92 Å². The van der Waals surface area contributed by atoms with Crippen LogP contribution < -0.4 is 9.64 Å². The molecule has 2 saturated heterocycles. The Morgan fingerprint density at radius 2 is 1.86 bits per heavy atom. The number of hydrogen-bond acceptors (Lipinski definition) is 7. The lowest BCUT2D eigenvalue weighted by atomic mass is 9.97. The van der Waals surface area contributed by atoms with Crippen molar-refractivity contribution < 1.29 is 37.7 Å². The van der Waals surface area contributed by atoms with E-state index in [0.717, 1.165) is 54.2 Å². The Morgan fingerprint density at radius 1 is 1.07 bits per heavy atom. The summed E-state index contributed by atoms with van der Waals surface area (Å²) in [5.74, 6) is 1.15. The van der Waals surface area contributed by atoms with Gasteiger partial charge in [0.25, 0.3) is 0 Å². The molecule has 6 rings (SSSR count). The van der Waals surface area contributed by atoms with Crippen LogP contribution in [0.25, 0.3) is 11.1 Å². The molecule has 3 aliphatic rings. The highest BCUT2D eigenvalue weighted by Crippen LogP contribution is 2.50. The summed E-state index contributed by atoms with van der Waals surface area (Å²) in [7, 11) is 1.57. The number of hydrogen-bond donors (Lipinski definition) is 2. The predicted molar refractivity (Wildman–Crippen MR) is 148 cm³/mol. The molecule has 2 N–H and O–H groups in total. The van der Waals surface area contributed by atoms with E-state index in [9.17, 15) is 28.2 Å². The van der Waals surface area contributed by atoms with Crippen molar-refractivity contribution in [2.75, 3.05) is 25.1 Å². The monoisotopic (exact) mass is 583 g/mol. The fourth-order valence-corrected chi connectivity index (χ4v) is 5.88. The van der Waals surface area contributed by atoms with E-state index in [0.29, 0.717) is 17.9 Å². The number of nitrogens with zero attached hydrogens (tertiary/aromatic N) is 3. The molecule has 2 aromatic carbocycles. The molecular weight excluding hydrogens is 551 g/mol. The van der Waals surface area contributed by atoms with E-state index >= 15 is 0 Å². The van der Waals surface area contributed by atoms with Gasteiger partial charge in [-0.1, -0.05) is 18.2 Å². The highest BCUT2D eigenvalue weighted by molar-refractivity contribution is 5.76. The van der Waals surface area contributed by atoms with Crippen LogP contribution in [0.2, 0.25) is 0 Å². The quantitative estimate of drug-likeness (QED) is 0.339. The Balaban J connectivity index is 1.35. The van der Waals surface area contributed by atoms with Gasteiger partial charge in [0.2, 0.25) is 0 Å².